The van der Waals surface area contributed by atoms with Gasteiger partial charge in [-0.2, -0.15) is 0 Å². The molecule has 0 aliphatic carbocycles. The molecule has 1 aliphatic heterocycles. The summed E-state index contributed by atoms with van der Waals surface area (Å²) in [5.74, 6) is 1.35. The largest absolute Gasteiger partial charge is 0.496 e. The smallest absolute Gasteiger partial charge is 0.179 e. The standard InChI is InChI=1S/C32H33BrFN3O6S/c1-20(2)44(38,39)21(3)42-18-32(11-6-12-43-32)26-15-25-28(16-30(26)40-4)35-19-36-31(25)37-24-9-10-29(27(33)14-24)41-17-22-7-5-8-23(34)13-22/h5-10,12-16,19-21H,11,17-18H2,1-4H3,(H,35,36,37). The summed E-state index contributed by atoms with van der Waals surface area (Å²) in [6.45, 7) is 5.00. The number of methoxy groups -OCH3 is 1. The van der Waals surface area contributed by atoms with Crippen LogP contribution in [-0.4, -0.2) is 42.8 Å². The molecular formula is C32H33BrFN3O6S. The SMILES string of the molecule is COc1cc2ncnc(Nc3ccc(OCc4cccc(F)c4)c(Br)c3)c2cc1C1(COC(C)S(=O)(=O)C(C)C)CC=CO1. The molecule has 1 aromatic heterocycles. The van der Waals surface area contributed by atoms with Crippen LogP contribution >= 0.6 is 15.9 Å². The Labute approximate surface area is 264 Å². The van der Waals surface area contributed by atoms with Crippen molar-refractivity contribution in [3.8, 4) is 11.5 Å². The van der Waals surface area contributed by atoms with Gasteiger partial charge in [0.25, 0.3) is 0 Å². The second-order valence-electron chi connectivity index (χ2n) is 10.7. The number of halogens is 2. The van der Waals surface area contributed by atoms with Crippen molar-refractivity contribution in [2.45, 2.75) is 50.1 Å². The number of hydrogen-bond acceptors (Lipinski definition) is 9. The average molecular weight is 687 g/mol. The van der Waals surface area contributed by atoms with Crippen molar-refractivity contribution in [3.05, 3.63) is 94.7 Å². The normalized spacial score (nSPS) is 17.1. The lowest BCUT2D eigenvalue weighted by Gasteiger charge is -2.32. The highest BCUT2D eigenvalue weighted by Gasteiger charge is 2.41. The Bertz CT molecular complexity index is 1790. The molecule has 0 amide bonds. The Kier molecular flexibility index (Phi) is 9.42. The molecule has 0 fully saturated rings. The Morgan fingerprint density at radius 1 is 1.09 bits per heavy atom. The van der Waals surface area contributed by atoms with Gasteiger partial charge in [0.1, 0.15) is 36.1 Å². The predicted molar refractivity (Wildman–Crippen MR) is 170 cm³/mol. The number of anilines is 2. The predicted octanol–water partition coefficient (Wildman–Crippen LogP) is 7.18. The van der Waals surface area contributed by atoms with Crippen LogP contribution in [0.25, 0.3) is 10.9 Å². The van der Waals surface area contributed by atoms with E-state index in [1.54, 1.807) is 51.5 Å². The van der Waals surface area contributed by atoms with Crippen LogP contribution in [0.2, 0.25) is 0 Å². The van der Waals surface area contributed by atoms with Crippen molar-refractivity contribution in [3.63, 3.8) is 0 Å². The Morgan fingerprint density at radius 2 is 1.91 bits per heavy atom. The molecule has 0 saturated heterocycles. The van der Waals surface area contributed by atoms with Gasteiger partial charge in [0, 0.05) is 29.1 Å². The van der Waals surface area contributed by atoms with E-state index in [2.05, 4.69) is 31.2 Å². The highest BCUT2D eigenvalue weighted by Crippen LogP contribution is 2.43. The van der Waals surface area contributed by atoms with Gasteiger partial charge in [-0.3, -0.25) is 0 Å². The van der Waals surface area contributed by atoms with Crippen LogP contribution in [0.15, 0.2) is 77.7 Å². The second-order valence-corrected chi connectivity index (χ2v) is 14.3. The van der Waals surface area contributed by atoms with Crippen molar-refractivity contribution in [1.29, 1.82) is 0 Å². The summed E-state index contributed by atoms with van der Waals surface area (Å²) in [5, 5.41) is 3.47. The van der Waals surface area contributed by atoms with E-state index >= 15 is 0 Å². The third kappa shape index (κ3) is 6.67. The van der Waals surface area contributed by atoms with E-state index in [1.165, 1.54) is 25.4 Å². The van der Waals surface area contributed by atoms with Gasteiger partial charge < -0.3 is 24.3 Å². The van der Waals surface area contributed by atoms with Gasteiger partial charge in [0.15, 0.2) is 20.9 Å². The molecule has 2 atom stereocenters. The van der Waals surface area contributed by atoms with E-state index in [0.29, 0.717) is 44.7 Å². The summed E-state index contributed by atoms with van der Waals surface area (Å²) < 4.78 is 63.3. The van der Waals surface area contributed by atoms with E-state index < -0.39 is 26.1 Å². The summed E-state index contributed by atoms with van der Waals surface area (Å²) in [7, 11) is -1.92. The third-order valence-corrected chi connectivity index (χ3v) is 10.4. The lowest BCUT2D eigenvalue weighted by molar-refractivity contribution is -0.0521. The van der Waals surface area contributed by atoms with Crippen LogP contribution in [0.5, 0.6) is 11.5 Å². The highest BCUT2D eigenvalue weighted by atomic mass is 79.9. The van der Waals surface area contributed by atoms with Gasteiger partial charge in [-0.1, -0.05) is 12.1 Å². The molecule has 2 heterocycles. The van der Waals surface area contributed by atoms with Crippen molar-refractivity contribution in [2.75, 3.05) is 19.0 Å². The molecule has 0 saturated carbocycles. The molecule has 44 heavy (non-hydrogen) atoms. The Balaban J connectivity index is 1.42. The molecule has 5 rings (SSSR count). The molecule has 232 valence electrons. The molecular weight excluding hydrogens is 653 g/mol. The zero-order valence-corrected chi connectivity index (χ0v) is 27.1. The molecule has 4 aromatic rings. The van der Waals surface area contributed by atoms with E-state index in [9.17, 15) is 12.8 Å². The first-order valence-electron chi connectivity index (χ1n) is 14.0. The number of aromatic nitrogens is 2. The lowest BCUT2D eigenvalue weighted by atomic mass is 9.90. The molecule has 2 unspecified atom stereocenters. The fraction of sp³-hybridized carbons (Fsp3) is 0.312. The third-order valence-electron chi connectivity index (χ3n) is 7.43. The van der Waals surface area contributed by atoms with Gasteiger partial charge in [0.2, 0.25) is 0 Å². The molecule has 9 nitrogen and oxygen atoms in total. The fourth-order valence-electron chi connectivity index (χ4n) is 4.87. The topological polar surface area (TPSA) is 109 Å². The summed E-state index contributed by atoms with van der Waals surface area (Å²) in [4.78, 5) is 8.94. The van der Waals surface area contributed by atoms with E-state index in [-0.39, 0.29) is 19.0 Å². The van der Waals surface area contributed by atoms with E-state index in [4.69, 9.17) is 18.9 Å². The fourth-order valence-corrected chi connectivity index (χ4v) is 6.39. The molecule has 1 aliphatic rings. The first kappa shape index (κ1) is 31.7. The number of nitrogens with one attached hydrogen (secondary N) is 1. The van der Waals surface area contributed by atoms with Gasteiger partial charge in [-0.15, -0.1) is 0 Å². The lowest BCUT2D eigenvalue weighted by Crippen LogP contribution is -2.36. The van der Waals surface area contributed by atoms with Gasteiger partial charge in [-0.25, -0.2) is 22.8 Å². The number of nitrogens with zero attached hydrogens (tertiary/aromatic N) is 2. The van der Waals surface area contributed by atoms with Crippen LogP contribution in [-0.2, 0) is 31.5 Å². The zero-order valence-electron chi connectivity index (χ0n) is 24.7. The van der Waals surface area contributed by atoms with Crippen LogP contribution in [0.4, 0.5) is 15.9 Å². The average Bonchev–Trinajstić information content (AvgIpc) is 3.49. The zero-order chi connectivity index (χ0) is 31.5. The Hall–Kier alpha value is -3.74. The number of fused-ring (bicyclic) bond motifs is 1. The minimum absolute atomic E-state index is 0.0184. The quantitative estimate of drug-likeness (QED) is 0.166. The number of ether oxygens (including phenoxy) is 4. The van der Waals surface area contributed by atoms with Crippen molar-refractivity contribution in [2.24, 2.45) is 0 Å². The van der Waals surface area contributed by atoms with Crippen LogP contribution in [0, 0.1) is 5.82 Å². The molecule has 1 N–H and O–H groups in total. The minimum Gasteiger partial charge on any atom is -0.496 e. The van der Waals surface area contributed by atoms with Crippen LogP contribution in [0.1, 0.15) is 38.3 Å². The summed E-state index contributed by atoms with van der Waals surface area (Å²) >= 11 is 3.56. The van der Waals surface area contributed by atoms with Gasteiger partial charge in [0.05, 0.1) is 35.2 Å². The Morgan fingerprint density at radius 3 is 2.59 bits per heavy atom. The van der Waals surface area contributed by atoms with Crippen molar-refractivity contribution < 1.29 is 31.8 Å². The molecule has 0 bridgehead atoms. The maximum absolute atomic E-state index is 13.5. The number of benzene rings is 3. The minimum atomic E-state index is -3.48. The van der Waals surface area contributed by atoms with Crippen LogP contribution in [0.3, 0.4) is 0 Å². The van der Waals surface area contributed by atoms with Gasteiger partial charge in [-0.05, 0) is 84.7 Å². The number of rotatable bonds is 12. The number of sulfone groups is 1. The first-order chi connectivity index (χ1) is 21.0. The summed E-state index contributed by atoms with van der Waals surface area (Å²) in [5.41, 5.74) is 0.726. The molecule has 0 spiro atoms. The maximum Gasteiger partial charge on any atom is 0.179 e. The first-order valence-corrected chi connectivity index (χ1v) is 16.4. The van der Waals surface area contributed by atoms with Crippen molar-refractivity contribution >= 4 is 48.2 Å². The molecule has 0 radical (unpaired) electrons. The summed E-state index contributed by atoms with van der Waals surface area (Å²) in [6.07, 6.45) is 5.36. The molecule has 12 heteroatoms. The second kappa shape index (κ2) is 13.1. The van der Waals surface area contributed by atoms with Crippen LogP contribution < -0.4 is 14.8 Å². The number of hydrogen-bond donors (Lipinski definition) is 1. The molecule has 3 aromatic carbocycles. The van der Waals surface area contributed by atoms with Crippen molar-refractivity contribution in [1.82, 2.24) is 9.97 Å². The maximum atomic E-state index is 13.5. The monoisotopic (exact) mass is 685 g/mol. The highest BCUT2D eigenvalue weighted by molar-refractivity contribution is 9.10. The van der Waals surface area contributed by atoms with Gasteiger partial charge >= 0.3 is 0 Å². The van der Waals surface area contributed by atoms with E-state index in [1.807, 2.05) is 24.3 Å². The van der Waals surface area contributed by atoms with E-state index in [0.717, 1.165) is 11.3 Å². The summed E-state index contributed by atoms with van der Waals surface area (Å²) in [6, 6.07) is 15.5.